The van der Waals surface area contributed by atoms with E-state index in [-0.39, 0.29) is 0 Å². The SMILES string of the molecule is CCN(CCC#N)CCSC. The van der Waals surface area contributed by atoms with Crippen LogP contribution in [0.2, 0.25) is 0 Å². The molecule has 64 valence electrons. The zero-order chi connectivity index (χ0) is 8.53. The second kappa shape index (κ2) is 7.90. The maximum absolute atomic E-state index is 8.35. The fourth-order valence-corrected chi connectivity index (χ4v) is 1.30. The minimum Gasteiger partial charge on any atom is -0.302 e. The summed E-state index contributed by atoms with van der Waals surface area (Å²) in [4.78, 5) is 2.31. The van der Waals surface area contributed by atoms with Gasteiger partial charge in [-0.2, -0.15) is 17.0 Å². The first-order valence-corrected chi connectivity index (χ1v) is 5.32. The van der Waals surface area contributed by atoms with Crippen molar-refractivity contribution >= 4 is 11.8 Å². The number of thioether (sulfide) groups is 1. The van der Waals surface area contributed by atoms with Crippen LogP contribution in [0.5, 0.6) is 0 Å². The van der Waals surface area contributed by atoms with Gasteiger partial charge in [0.05, 0.1) is 6.07 Å². The minimum atomic E-state index is 0.655. The number of hydrogen-bond acceptors (Lipinski definition) is 3. The molecule has 11 heavy (non-hydrogen) atoms. The van der Waals surface area contributed by atoms with Crippen molar-refractivity contribution in [2.75, 3.05) is 31.6 Å². The van der Waals surface area contributed by atoms with Gasteiger partial charge in [0.25, 0.3) is 0 Å². The largest absolute Gasteiger partial charge is 0.302 e. The predicted molar refractivity (Wildman–Crippen MR) is 50.7 cm³/mol. The van der Waals surface area contributed by atoms with Crippen LogP contribution in [0.25, 0.3) is 0 Å². The molecule has 0 aliphatic rings. The average Bonchev–Trinajstić information content (AvgIpc) is 2.05. The smallest absolute Gasteiger partial charge is 0.0635 e. The summed E-state index contributed by atoms with van der Waals surface area (Å²) < 4.78 is 0. The molecule has 0 spiro atoms. The summed E-state index contributed by atoms with van der Waals surface area (Å²) in [5, 5.41) is 8.35. The van der Waals surface area contributed by atoms with Crippen LogP contribution in [-0.4, -0.2) is 36.5 Å². The van der Waals surface area contributed by atoms with E-state index < -0.39 is 0 Å². The molecule has 0 saturated carbocycles. The second-order valence-electron chi connectivity index (χ2n) is 2.34. The highest BCUT2D eigenvalue weighted by Crippen LogP contribution is 1.96. The van der Waals surface area contributed by atoms with Crippen molar-refractivity contribution in [2.45, 2.75) is 13.3 Å². The Morgan fingerprint density at radius 3 is 2.64 bits per heavy atom. The van der Waals surface area contributed by atoms with E-state index in [0.717, 1.165) is 19.6 Å². The molecule has 0 bridgehead atoms. The summed E-state index contributed by atoms with van der Waals surface area (Å²) in [5.74, 6) is 1.17. The fourth-order valence-electron chi connectivity index (χ4n) is 0.857. The first-order chi connectivity index (χ1) is 5.35. The van der Waals surface area contributed by atoms with Gasteiger partial charge in [-0.1, -0.05) is 6.92 Å². The van der Waals surface area contributed by atoms with E-state index in [1.165, 1.54) is 5.75 Å². The number of nitrogens with zero attached hydrogens (tertiary/aromatic N) is 2. The van der Waals surface area contributed by atoms with Crippen LogP contribution in [0.1, 0.15) is 13.3 Å². The Kier molecular flexibility index (Phi) is 7.76. The second-order valence-corrected chi connectivity index (χ2v) is 3.32. The van der Waals surface area contributed by atoms with E-state index in [1.807, 2.05) is 11.8 Å². The Bertz CT molecular complexity index is 120. The summed E-state index contributed by atoms with van der Waals surface area (Å²) >= 11 is 1.85. The van der Waals surface area contributed by atoms with Crippen LogP contribution < -0.4 is 0 Å². The molecule has 0 saturated heterocycles. The number of hydrogen-bond donors (Lipinski definition) is 0. The molecule has 0 rings (SSSR count). The maximum atomic E-state index is 8.35. The Balaban J connectivity index is 3.34. The molecule has 3 heteroatoms. The lowest BCUT2D eigenvalue weighted by molar-refractivity contribution is 0.314. The van der Waals surface area contributed by atoms with Gasteiger partial charge in [-0.3, -0.25) is 0 Å². The van der Waals surface area contributed by atoms with Gasteiger partial charge in [-0.15, -0.1) is 0 Å². The molecule has 0 aromatic carbocycles. The molecular formula is C8H16N2S. The Morgan fingerprint density at radius 2 is 2.18 bits per heavy atom. The highest BCUT2D eigenvalue weighted by atomic mass is 32.2. The maximum Gasteiger partial charge on any atom is 0.0635 e. The van der Waals surface area contributed by atoms with Gasteiger partial charge >= 0.3 is 0 Å². The van der Waals surface area contributed by atoms with Crippen LogP contribution in [-0.2, 0) is 0 Å². The summed E-state index contributed by atoms with van der Waals surface area (Å²) in [6.07, 6.45) is 2.76. The van der Waals surface area contributed by atoms with Crippen LogP contribution in [0.15, 0.2) is 0 Å². The van der Waals surface area contributed by atoms with Crippen molar-refractivity contribution in [2.24, 2.45) is 0 Å². The van der Waals surface area contributed by atoms with Crippen molar-refractivity contribution in [3.8, 4) is 6.07 Å². The topological polar surface area (TPSA) is 27.0 Å². The quantitative estimate of drug-likeness (QED) is 0.608. The van der Waals surface area contributed by atoms with Crippen LogP contribution in [0.3, 0.4) is 0 Å². The summed E-state index contributed by atoms with van der Waals surface area (Å²) in [6.45, 7) is 5.23. The van der Waals surface area contributed by atoms with Gasteiger partial charge in [0, 0.05) is 25.3 Å². The van der Waals surface area contributed by atoms with Gasteiger partial charge in [0.15, 0.2) is 0 Å². The lowest BCUT2D eigenvalue weighted by Crippen LogP contribution is -2.26. The van der Waals surface area contributed by atoms with E-state index in [9.17, 15) is 0 Å². The molecule has 0 aliphatic heterocycles. The van der Waals surface area contributed by atoms with E-state index >= 15 is 0 Å². The molecule has 0 fully saturated rings. The summed E-state index contributed by atoms with van der Waals surface area (Å²) in [7, 11) is 0. The normalized spacial score (nSPS) is 10.0. The van der Waals surface area contributed by atoms with E-state index in [2.05, 4.69) is 24.1 Å². The molecular weight excluding hydrogens is 156 g/mol. The van der Waals surface area contributed by atoms with Gasteiger partial charge in [0.2, 0.25) is 0 Å². The van der Waals surface area contributed by atoms with E-state index in [1.54, 1.807) is 0 Å². The van der Waals surface area contributed by atoms with Crippen molar-refractivity contribution in [1.29, 1.82) is 5.26 Å². The highest BCUT2D eigenvalue weighted by molar-refractivity contribution is 7.98. The first-order valence-electron chi connectivity index (χ1n) is 3.93. The zero-order valence-electron chi connectivity index (χ0n) is 7.34. The van der Waals surface area contributed by atoms with Crippen LogP contribution in [0.4, 0.5) is 0 Å². The summed E-state index contributed by atoms with van der Waals surface area (Å²) in [5.41, 5.74) is 0. The Labute approximate surface area is 73.6 Å². The molecule has 0 aromatic rings. The average molecular weight is 172 g/mol. The standard InChI is InChI=1S/C8H16N2S/c1-3-10(6-4-5-9)7-8-11-2/h3-4,6-8H2,1-2H3. The molecule has 2 nitrogen and oxygen atoms in total. The molecule has 0 aliphatic carbocycles. The van der Waals surface area contributed by atoms with E-state index in [0.29, 0.717) is 6.42 Å². The molecule has 0 radical (unpaired) electrons. The minimum absolute atomic E-state index is 0.655. The lowest BCUT2D eigenvalue weighted by Gasteiger charge is -2.17. The lowest BCUT2D eigenvalue weighted by atomic mass is 10.4. The van der Waals surface area contributed by atoms with Crippen LogP contribution >= 0.6 is 11.8 Å². The highest BCUT2D eigenvalue weighted by Gasteiger charge is 1.99. The summed E-state index contributed by atoms with van der Waals surface area (Å²) in [6, 6.07) is 2.16. The molecule has 0 amide bonds. The van der Waals surface area contributed by atoms with Crippen molar-refractivity contribution in [3.63, 3.8) is 0 Å². The third-order valence-corrected chi connectivity index (χ3v) is 2.19. The molecule has 0 N–H and O–H groups in total. The zero-order valence-corrected chi connectivity index (χ0v) is 8.15. The van der Waals surface area contributed by atoms with Gasteiger partial charge in [-0.25, -0.2) is 0 Å². The Morgan fingerprint density at radius 1 is 1.45 bits per heavy atom. The first kappa shape index (κ1) is 10.8. The fraction of sp³-hybridized carbons (Fsp3) is 0.875. The van der Waals surface area contributed by atoms with Gasteiger partial charge < -0.3 is 4.90 Å². The van der Waals surface area contributed by atoms with Crippen molar-refractivity contribution in [3.05, 3.63) is 0 Å². The number of nitriles is 1. The molecule has 0 unspecified atom stereocenters. The molecule has 0 atom stereocenters. The third kappa shape index (κ3) is 6.21. The van der Waals surface area contributed by atoms with Gasteiger partial charge in [0.1, 0.15) is 0 Å². The molecule has 0 heterocycles. The van der Waals surface area contributed by atoms with Crippen LogP contribution in [0, 0.1) is 11.3 Å². The molecule has 0 aromatic heterocycles. The van der Waals surface area contributed by atoms with Gasteiger partial charge in [-0.05, 0) is 12.8 Å². The van der Waals surface area contributed by atoms with E-state index in [4.69, 9.17) is 5.26 Å². The third-order valence-electron chi connectivity index (χ3n) is 1.60. The predicted octanol–water partition coefficient (Wildman–Crippen LogP) is 1.58. The van der Waals surface area contributed by atoms with Crippen molar-refractivity contribution < 1.29 is 0 Å². The number of rotatable bonds is 6. The monoisotopic (exact) mass is 172 g/mol. The van der Waals surface area contributed by atoms with Crippen molar-refractivity contribution in [1.82, 2.24) is 4.90 Å². The Hall–Kier alpha value is -0.200.